The largest absolute Gasteiger partial charge is 0.458 e. The van der Waals surface area contributed by atoms with Gasteiger partial charge >= 0.3 is 0 Å². The fourth-order valence-corrected chi connectivity index (χ4v) is 22.0. The van der Waals surface area contributed by atoms with Crippen LogP contribution in [0.4, 0.5) is 0 Å². The summed E-state index contributed by atoms with van der Waals surface area (Å²) < 4.78 is 52.7. The fraction of sp³-hybridized carbons (Fsp3) is 0. The molecule has 0 amide bonds. The van der Waals surface area contributed by atoms with Crippen LogP contribution < -0.4 is 103 Å². The minimum absolute atomic E-state index is 0.000326. The summed E-state index contributed by atoms with van der Waals surface area (Å²) in [6.07, 6.45) is 0. The summed E-state index contributed by atoms with van der Waals surface area (Å²) in [6.45, 7) is 0.163. The monoisotopic (exact) mass is 1840 g/mol. The first-order valence-corrected chi connectivity index (χ1v) is 49.1. The molecule has 0 spiro atoms. The van der Waals surface area contributed by atoms with Crippen molar-refractivity contribution >= 4 is 92.4 Å². The van der Waals surface area contributed by atoms with E-state index in [-0.39, 0.29) is 26.9 Å². The first kappa shape index (κ1) is 84.8. The maximum absolute atomic E-state index is 6.82. The lowest BCUT2D eigenvalue weighted by atomic mass is 9.34. The summed E-state index contributed by atoms with van der Waals surface area (Å²) in [7, 11) is 0. The van der Waals surface area contributed by atoms with Gasteiger partial charge in [-0.25, -0.2) is 0 Å². The Balaban J connectivity index is 0.0000000964. The topological polar surface area (TPSA) is 73.8 Å². The lowest BCUT2D eigenvalue weighted by Crippen LogP contribution is -2.57. The molecular formula is C132H84B4O8. The number of fused-ring (bicyclic) bond motifs is 16. The molecule has 0 aliphatic carbocycles. The lowest BCUT2D eigenvalue weighted by Gasteiger charge is -2.34. The highest BCUT2D eigenvalue weighted by atomic mass is 16.5. The molecule has 8 aliphatic rings. The molecule has 0 atom stereocenters. The molecule has 0 bridgehead atoms. The Morgan fingerprint density at radius 3 is 0.646 bits per heavy atom. The molecule has 0 unspecified atom stereocenters. The molecule has 8 nitrogen and oxygen atoms in total. The number of benzene rings is 22. The number of hydrogen-bond acceptors (Lipinski definition) is 8. The smallest absolute Gasteiger partial charge is 0.260 e. The first-order chi connectivity index (χ1) is 71.4. The van der Waals surface area contributed by atoms with E-state index >= 15 is 0 Å². The van der Waals surface area contributed by atoms with Crippen LogP contribution in [0.5, 0.6) is 92.0 Å². The van der Waals surface area contributed by atoms with Crippen molar-refractivity contribution < 1.29 is 37.9 Å². The molecule has 0 aromatic heterocycles. The molecule has 22 aromatic rings. The molecule has 0 N–H and O–H groups in total. The number of para-hydroxylation sites is 3. The van der Waals surface area contributed by atoms with Gasteiger partial charge in [-0.15, -0.1) is 0 Å². The van der Waals surface area contributed by atoms with Crippen LogP contribution in [0, 0.1) is 0 Å². The number of rotatable bonds is 10. The minimum Gasteiger partial charge on any atom is -0.458 e. The van der Waals surface area contributed by atoms with Crippen molar-refractivity contribution in [1.82, 2.24) is 0 Å². The molecular weight excluding hydrogens is 1760 g/mol. The maximum Gasteiger partial charge on any atom is 0.260 e. The Morgan fingerprint density at radius 2 is 0.306 bits per heavy atom. The second kappa shape index (κ2) is 36.1. The number of ether oxygens (including phenoxy) is 8. The summed E-state index contributed by atoms with van der Waals surface area (Å²) in [4.78, 5) is 0. The predicted octanol–water partition coefficient (Wildman–Crippen LogP) is 26.3. The van der Waals surface area contributed by atoms with E-state index in [1.807, 2.05) is 78.9 Å². The van der Waals surface area contributed by atoms with Crippen molar-refractivity contribution in [3.8, 4) is 203 Å². The van der Waals surface area contributed by atoms with E-state index in [2.05, 4.69) is 431 Å². The van der Waals surface area contributed by atoms with E-state index in [0.717, 1.165) is 219 Å². The SMILES string of the molecule is c1ccc(-c2cc3c4c(c2)Oc2c(cccc2-c2ccccc2)B4c2cc(-c4ccccc4)ccc2O3)cc1.c1ccc(-c2ccc3c(c2)Oc2cc(-c4ccccc4)cc4c2B3c2cc(-c3ccccc3)ccc2O4)cc1.c1ccc(-c2ccc3c(c2)Oc2cc(-c4ccccc4)cc4c2B3c2cccc(-c3ccccc3)c2O4)cc1.c1ccc(-c2ccc3c(c2)Oc2cccc4c2B3c2ccccc2O4)cc1. The normalized spacial score (nSPS) is 12.6. The zero-order valence-electron chi connectivity index (χ0n) is 78.1. The summed E-state index contributed by atoms with van der Waals surface area (Å²) in [5.41, 5.74) is 36.5. The predicted molar refractivity (Wildman–Crippen MR) is 591 cm³/mol. The van der Waals surface area contributed by atoms with Crippen LogP contribution in [0.25, 0.3) is 111 Å². The number of hydrogen-bond donors (Lipinski definition) is 0. The highest BCUT2D eigenvalue weighted by Crippen LogP contribution is 2.48. The van der Waals surface area contributed by atoms with E-state index in [0.29, 0.717) is 0 Å². The molecule has 8 heterocycles. The zero-order valence-corrected chi connectivity index (χ0v) is 78.1. The van der Waals surface area contributed by atoms with Crippen LogP contribution in [0.3, 0.4) is 0 Å². The van der Waals surface area contributed by atoms with Crippen LogP contribution >= 0.6 is 0 Å². The molecule has 22 aromatic carbocycles. The highest BCUT2D eigenvalue weighted by Gasteiger charge is 2.47. The third-order valence-corrected chi connectivity index (χ3v) is 28.8. The van der Waals surface area contributed by atoms with Gasteiger partial charge in [0.2, 0.25) is 0 Å². The van der Waals surface area contributed by atoms with Gasteiger partial charge in [-0.2, -0.15) is 0 Å². The van der Waals surface area contributed by atoms with Crippen LogP contribution in [0.2, 0.25) is 0 Å². The average molecular weight is 1840 g/mol. The lowest BCUT2D eigenvalue weighted by molar-refractivity contribution is 0.464. The van der Waals surface area contributed by atoms with E-state index in [9.17, 15) is 0 Å². The van der Waals surface area contributed by atoms with E-state index in [1.165, 1.54) is 49.9 Å². The van der Waals surface area contributed by atoms with E-state index in [1.54, 1.807) is 0 Å². The fourth-order valence-electron chi connectivity index (χ4n) is 22.0. The molecule has 144 heavy (non-hydrogen) atoms. The van der Waals surface area contributed by atoms with Gasteiger partial charge in [-0.05, 0) is 229 Å². The van der Waals surface area contributed by atoms with Crippen LogP contribution in [-0.2, 0) is 0 Å². The molecule has 12 heteroatoms. The van der Waals surface area contributed by atoms with Crippen molar-refractivity contribution in [2.75, 3.05) is 0 Å². The van der Waals surface area contributed by atoms with Gasteiger partial charge in [0, 0.05) is 33.0 Å². The summed E-state index contributed by atoms with van der Waals surface area (Å²) in [6, 6.07) is 178. The van der Waals surface area contributed by atoms with E-state index < -0.39 is 0 Å². The summed E-state index contributed by atoms with van der Waals surface area (Å²) in [5, 5.41) is 0. The van der Waals surface area contributed by atoms with Gasteiger partial charge in [0.1, 0.15) is 92.0 Å². The van der Waals surface area contributed by atoms with Gasteiger partial charge in [0.05, 0.1) is 0 Å². The Hall–Kier alpha value is -18.5. The second-order valence-electron chi connectivity index (χ2n) is 37.3. The van der Waals surface area contributed by atoms with Crippen molar-refractivity contribution in [2.45, 2.75) is 0 Å². The van der Waals surface area contributed by atoms with Crippen molar-refractivity contribution in [3.63, 3.8) is 0 Å². The Bertz CT molecular complexity index is 8640. The Kier molecular flexibility index (Phi) is 21.2. The highest BCUT2D eigenvalue weighted by molar-refractivity contribution is 7.00. The Labute approximate surface area is 837 Å². The zero-order chi connectivity index (χ0) is 95.1. The average Bonchev–Trinajstić information content (AvgIpc) is 0.724. The van der Waals surface area contributed by atoms with Crippen molar-refractivity contribution in [1.29, 1.82) is 0 Å². The molecule has 0 saturated carbocycles. The molecule has 0 fully saturated rings. The summed E-state index contributed by atoms with van der Waals surface area (Å²) >= 11 is 0. The molecule has 672 valence electrons. The Morgan fingerprint density at radius 1 is 0.104 bits per heavy atom. The van der Waals surface area contributed by atoms with Gasteiger partial charge < -0.3 is 37.9 Å². The minimum atomic E-state index is -0.000326. The first-order valence-electron chi connectivity index (χ1n) is 49.1. The quantitative estimate of drug-likeness (QED) is 0.125. The van der Waals surface area contributed by atoms with Crippen LogP contribution in [0.1, 0.15) is 0 Å². The van der Waals surface area contributed by atoms with Gasteiger partial charge in [0.25, 0.3) is 26.9 Å². The van der Waals surface area contributed by atoms with Crippen LogP contribution in [-0.4, -0.2) is 26.9 Å². The standard InChI is InChI=1S/3C36H23BO2.C24H15BO2/c1-4-11-24(12-5-1)27-19-20-30-32(21-27)38-33-22-28(25-13-6-2-7-14-25)23-34-35(33)37(30)31-18-10-17-29(36(31)39-34)26-15-8-3-9-16-26;1-4-11-24(12-5-1)27-19-20-32-31(21-27)37-30-18-10-17-29(26-15-8-3-9-16-26)36(30)39-34-23-28(22-33(38-32)35(34)37)25-13-6-2-7-14-25;1-4-10-24(11-5-1)27-17-19-32-31(20-27)37-30-18-16-28(25-12-6-2-7-13-25)21-33(30)39-35-23-29(22-34(38-32)36(35)37)26-14-8-3-9-15-26;1-2-7-16(8-3-1)17-13-14-19-23(15-17)27-22-12-6-11-21-24(22)25(19)18-9-4-5-10-20(18)26-21/h3*1-23H;1-15H. The van der Waals surface area contributed by atoms with Crippen molar-refractivity contribution in [2.24, 2.45) is 0 Å². The van der Waals surface area contributed by atoms with Gasteiger partial charge in [-0.1, -0.05) is 425 Å². The molecule has 0 radical (unpaired) electrons. The molecule has 8 aliphatic heterocycles. The molecule has 30 rings (SSSR count). The maximum atomic E-state index is 6.82. The summed E-state index contributed by atoms with van der Waals surface area (Å²) in [5.74, 6) is 14.1. The van der Waals surface area contributed by atoms with Crippen LogP contribution in [0.15, 0.2) is 510 Å². The third kappa shape index (κ3) is 15.3. The third-order valence-electron chi connectivity index (χ3n) is 28.8. The van der Waals surface area contributed by atoms with Gasteiger partial charge in [-0.3, -0.25) is 0 Å². The molecule has 0 saturated heterocycles. The second-order valence-corrected chi connectivity index (χ2v) is 37.3. The van der Waals surface area contributed by atoms with E-state index in [4.69, 9.17) is 37.9 Å². The van der Waals surface area contributed by atoms with Crippen molar-refractivity contribution in [3.05, 3.63) is 510 Å². The van der Waals surface area contributed by atoms with Gasteiger partial charge in [0.15, 0.2) is 0 Å².